The topological polar surface area (TPSA) is 131 Å². The first kappa shape index (κ1) is 21.5. The van der Waals surface area contributed by atoms with E-state index in [1.807, 2.05) is 0 Å². The van der Waals surface area contributed by atoms with Crippen molar-refractivity contribution in [1.82, 2.24) is 5.48 Å². The number of rotatable bonds is 16. The van der Waals surface area contributed by atoms with Gasteiger partial charge in [0.05, 0.1) is 39.6 Å². The van der Waals surface area contributed by atoms with E-state index in [1.165, 1.54) is 0 Å². The minimum absolute atomic E-state index is 0.410. The standard InChI is InChI=1S/C14H26N2O7/c15-5-1-7-20-9-11-22-12-10-21-8-2-6-16-23-14(19)4-3-13(17)18/h3-4,16H,1-2,5-12,15H2,(H,17,18)/p+1/b4-3-. The van der Waals surface area contributed by atoms with Gasteiger partial charge in [-0.2, -0.15) is 5.48 Å². The molecule has 0 saturated carbocycles. The van der Waals surface area contributed by atoms with E-state index in [4.69, 9.17) is 19.3 Å². The summed E-state index contributed by atoms with van der Waals surface area (Å²) in [6.07, 6.45) is 3.14. The number of quaternary nitrogens is 1. The van der Waals surface area contributed by atoms with E-state index in [2.05, 4.69) is 16.1 Å². The Balaban J connectivity index is 3.16. The molecule has 0 spiro atoms. The Morgan fingerprint density at radius 2 is 1.48 bits per heavy atom. The largest absolute Gasteiger partial charge is 0.478 e. The fourth-order valence-electron chi connectivity index (χ4n) is 1.29. The third kappa shape index (κ3) is 18.4. The molecule has 0 aliphatic rings. The van der Waals surface area contributed by atoms with E-state index >= 15 is 0 Å². The number of ether oxygens (including phenoxy) is 3. The lowest BCUT2D eigenvalue weighted by Gasteiger charge is -2.07. The van der Waals surface area contributed by atoms with Crippen LogP contribution in [0.2, 0.25) is 0 Å². The van der Waals surface area contributed by atoms with Crippen molar-refractivity contribution in [1.29, 1.82) is 0 Å². The molecule has 0 unspecified atom stereocenters. The van der Waals surface area contributed by atoms with Crippen molar-refractivity contribution in [3.05, 3.63) is 12.2 Å². The summed E-state index contributed by atoms with van der Waals surface area (Å²) in [7, 11) is 0. The van der Waals surface area contributed by atoms with E-state index in [0.29, 0.717) is 58.7 Å². The zero-order valence-corrected chi connectivity index (χ0v) is 13.3. The zero-order chi connectivity index (χ0) is 17.2. The van der Waals surface area contributed by atoms with Gasteiger partial charge in [-0.25, -0.2) is 9.59 Å². The minimum Gasteiger partial charge on any atom is -0.478 e. The van der Waals surface area contributed by atoms with Crippen LogP contribution >= 0.6 is 0 Å². The van der Waals surface area contributed by atoms with E-state index in [9.17, 15) is 9.59 Å². The summed E-state index contributed by atoms with van der Waals surface area (Å²) in [4.78, 5) is 25.7. The molecule has 0 aromatic heterocycles. The van der Waals surface area contributed by atoms with Crippen molar-refractivity contribution in [3.8, 4) is 0 Å². The molecule has 0 rings (SSSR count). The van der Waals surface area contributed by atoms with Gasteiger partial charge in [-0.15, -0.1) is 0 Å². The van der Waals surface area contributed by atoms with Crippen LogP contribution in [0, 0.1) is 0 Å². The molecule has 0 radical (unpaired) electrons. The molecule has 0 bridgehead atoms. The molecule has 0 atom stereocenters. The van der Waals surface area contributed by atoms with Crippen LogP contribution in [0.1, 0.15) is 12.8 Å². The number of carboxylic acids is 1. The predicted molar refractivity (Wildman–Crippen MR) is 80.3 cm³/mol. The van der Waals surface area contributed by atoms with Crippen LogP contribution in [0.3, 0.4) is 0 Å². The van der Waals surface area contributed by atoms with Crippen molar-refractivity contribution >= 4 is 11.9 Å². The summed E-state index contributed by atoms with van der Waals surface area (Å²) in [5, 5.41) is 8.31. The number of aliphatic carboxylic acids is 1. The first-order valence-electron chi connectivity index (χ1n) is 7.54. The van der Waals surface area contributed by atoms with Gasteiger partial charge in [0.15, 0.2) is 0 Å². The molecule has 0 aliphatic carbocycles. The summed E-state index contributed by atoms with van der Waals surface area (Å²) in [5.74, 6) is -1.97. The lowest BCUT2D eigenvalue weighted by Crippen LogP contribution is -2.50. The molecule has 0 fully saturated rings. The predicted octanol–water partition coefficient (Wildman–Crippen LogP) is -1.25. The highest BCUT2D eigenvalue weighted by Gasteiger charge is 1.98. The van der Waals surface area contributed by atoms with Crippen LogP contribution < -0.4 is 11.2 Å². The first-order valence-corrected chi connectivity index (χ1v) is 7.54. The monoisotopic (exact) mass is 335 g/mol. The number of carbonyl (C=O) groups is 2. The molecule has 5 N–H and O–H groups in total. The number of carbonyl (C=O) groups excluding carboxylic acids is 1. The highest BCUT2D eigenvalue weighted by Crippen LogP contribution is 1.86. The molecule has 0 aliphatic heterocycles. The maximum Gasteiger partial charge on any atom is 0.349 e. The maximum atomic E-state index is 11.0. The van der Waals surface area contributed by atoms with Crippen LogP contribution in [0.25, 0.3) is 0 Å². The molecular formula is C14H27N2O7+. The van der Waals surface area contributed by atoms with Gasteiger partial charge >= 0.3 is 11.9 Å². The smallest absolute Gasteiger partial charge is 0.349 e. The lowest BCUT2D eigenvalue weighted by molar-refractivity contribution is -0.369. The Hall–Kier alpha value is -1.52. The van der Waals surface area contributed by atoms with Crippen LogP contribution in [-0.2, 0) is 28.6 Å². The van der Waals surface area contributed by atoms with Crippen LogP contribution in [0.15, 0.2) is 12.2 Å². The second kappa shape index (κ2) is 16.8. The third-order valence-electron chi connectivity index (χ3n) is 2.38. The molecule has 0 amide bonds. The van der Waals surface area contributed by atoms with Crippen LogP contribution in [-0.4, -0.2) is 69.8 Å². The normalized spacial score (nSPS) is 11.0. The van der Waals surface area contributed by atoms with E-state index in [-0.39, 0.29) is 0 Å². The Labute approximate surface area is 135 Å². The SMILES string of the molecule is [NH3+]CCCOCCOCCOCCCNOC(=O)/C=C\C(=O)O. The fraction of sp³-hybridized carbons (Fsp3) is 0.714. The van der Waals surface area contributed by atoms with Gasteiger partial charge in [0.2, 0.25) is 0 Å². The van der Waals surface area contributed by atoms with E-state index in [0.717, 1.165) is 19.0 Å². The Kier molecular flexibility index (Phi) is 15.7. The highest BCUT2D eigenvalue weighted by atomic mass is 16.7. The number of hydroxylamine groups is 1. The Morgan fingerprint density at radius 3 is 2.04 bits per heavy atom. The van der Waals surface area contributed by atoms with E-state index in [1.54, 1.807) is 0 Å². The molecule has 0 aromatic carbocycles. The number of nitrogens with one attached hydrogen (secondary N) is 1. The van der Waals surface area contributed by atoms with Gasteiger partial charge in [-0.05, 0) is 6.42 Å². The second-order valence-electron chi connectivity index (χ2n) is 4.38. The van der Waals surface area contributed by atoms with Crippen molar-refractivity contribution in [3.63, 3.8) is 0 Å². The molecule has 9 nitrogen and oxygen atoms in total. The summed E-state index contributed by atoms with van der Waals surface area (Å²) in [6, 6.07) is 0. The summed E-state index contributed by atoms with van der Waals surface area (Å²) >= 11 is 0. The van der Waals surface area contributed by atoms with Gasteiger partial charge in [-0.1, -0.05) is 0 Å². The van der Waals surface area contributed by atoms with Crippen molar-refractivity contribution < 1.29 is 39.5 Å². The number of hydrogen-bond acceptors (Lipinski definition) is 7. The van der Waals surface area contributed by atoms with Crippen molar-refractivity contribution in [2.24, 2.45) is 0 Å². The molecular weight excluding hydrogens is 308 g/mol. The minimum atomic E-state index is -1.21. The average Bonchev–Trinajstić information content (AvgIpc) is 2.53. The third-order valence-corrected chi connectivity index (χ3v) is 2.38. The van der Waals surface area contributed by atoms with Gasteiger partial charge < -0.3 is 29.9 Å². The van der Waals surface area contributed by atoms with Gasteiger partial charge in [0.1, 0.15) is 0 Å². The number of carboxylic acid groups (broad SMARTS) is 1. The molecule has 0 heterocycles. The lowest BCUT2D eigenvalue weighted by atomic mass is 10.5. The highest BCUT2D eigenvalue weighted by molar-refractivity contribution is 5.90. The van der Waals surface area contributed by atoms with Gasteiger partial charge in [-0.3, -0.25) is 0 Å². The second-order valence-corrected chi connectivity index (χ2v) is 4.38. The first-order chi connectivity index (χ1) is 11.2. The van der Waals surface area contributed by atoms with Crippen molar-refractivity contribution in [2.75, 3.05) is 52.7 Å². The zero-order valence-electron chi connectivity index (χ0n) is 13.3. The van der Waals surface area contributed by atoms with Crippen LogP contribution in [0.4, 0.5) is 0 Å². The van der Waals surface area contributed by atoms with Gasteiger partial charge in [0.25, 0.3) is 0 Å². The molecule has 0 saturated heterocycles. The fourth-order valence-corrected chi connectivity index (χ4v) is 1.29. The molecule has 0 aromatic rings. The average molecular weight is 335 g/mol. The molecule has 9 heteroatoms. The Morgan fingerprint density at radius 1 is 0.913 bits per heavy atom. The van der Waals surface area contributed by atoms with Crippen molar-refractivity contribution in [2.45, 2.75) is 12.8 Å². The quantitative estimate of drug-likeness (QED) is 0.181. The summed E-state index contributed by atoms with van der Waals surface area (Å²) < 4.78 is 15.9. The molecule has 23 heavy (non-hydrogen) atoms. The molecule has 134 valence electrons. The summed E-state index contributed by atoms with van der Waals surface area (Å²) in [6.45, 7) is 4.61. The van der Waals surface area contributed by atoms with E-state index < -0.39 is 11.9 Å². The maximum absolute atomic E-state index is 11.0. The summed E-state index contributed by atoms with van der Waals surface area (Å²) in [5.41, 5.74) is 6.14. The van der Waals surface area contributed by atoms with Crippen LogP contribution in [0.5, 0.6) is 0 Å². The number of hydrogen-bond donors (Lipinski definition) is 3. The Bertz CT molecular complexity index is 337. The van der Waals surface area contributed by atoms with Gasteiger partial charge in [0, 0.05) is 31.7 Å².